The molecule has 7 nitrogen and oxygen atoms in total. The number of nitrogens with one attached hydrogen (secondary N) is 1. The lowest BCUT2D eigenvalue weighted by atomic mass is 10.3. The summed E-state index contributed by atoms with van der Waals surface area (Å²) in [5.74, 6) is -1.25. The molecule has 94 valence electrons. The van der Waals surface area contributed by atoms with E-state index < -0.39 is 11.9 Å². The fourth-order valence-electron chi connectivity index (χ4n) is 1.45. The van der Waals surface area contributed by atoms with Gasteiger partial charge in [-0.3, -0.25) is 14.9 Å². The minimum Gasteiger partial charge on any atom is -0.481 e. The molecule has 2 heterocycles. The van der Waals surface area contributed by atoms with Crippen molar-refractivity contribution < 1.29 is 14.7 Å². The molecule has 0 saturated carbocycles. The molecule has 2 aromatic rings. The summed E-state index contributed by atoms with van der Waals surface area (Å²) in [6.45, 7) is 1.92. The third-order valence-corrected chi connectivity index (χ3v) is 2.30. The summed E-state index contributed by atoms with van der Waals surface area (Å²) in [5.41, 5.74) is 1.64. The number of aromatic nitrogens is 3. The predicted octanol–water partition coefficient (Wildman–Crippen LogP) is 0.841. The SMILES string of the molecule is Cc1ccc2nc(NC(=O)CCC(=O)O)nn2c1. The van der Waals surface area contributed by atoms with Crippen molar-refractivity contribution in [3.63, 3.8) is 0 Å². The van der Waals surface area contributed by atoms with Crippen molar-refractivity contribution in [2.45, 2.75) is 19.8 Å². The first-order valence-corrected chi connectivity index (χ1v) is 5.39. The van der Waals surface area contributed by atoms with Gasteiger partial charge in [-0.15, -0.1) is 5.10 Å². The van der Waals surface area contributed by atoms with Gasteiger partial charge in [0.15, 0.2) is 5.65 Å². The molecule has 2 aromatic heterocycles. The zero-order valence-corrected chi connectivity index (χ0v) is 9.75. The Balaban J connectivity index is 2.07. The van der Waals surface area contributed by atoms with Gasteiger partial charge in [0.1, 0.15) is 0 Å². The van der Waals surface area contributed by atoms with E-state index in [2.05, 4.69) is 15.4 Å². The van der Waals surface area contributed by atoms with Crippen molar-refractivity contribution in [3.8, 4) is 0 Å². The molecule has 7 heteroatoms. The van der Waals surface area contributed by atoms with E-state index in [1.165, 1.54) is 0 Å². The van der Waals surface area contributed by atoms with Gasteiger partial charge in [-0.2, -0.15) is 4.98 Å². The standard InChI is InChI=1S/C11H12N4O3/c1-7-2-3-8-12-11(14-15(8)6-7)13-9(16)4-5-10(17)18/h2-3,6H,4-5H2,1H3,(H,17,18)(H,13,14,16). The molecule has 0 bridgehead atoms. The lowest BCUT2D eigenvalue weighted by molar-refractivity contribution is -0.138. The highest BCUT2D eigenvalue weighted by Gasteiger charge is 2.09. The van der Waals surface area contributed by atoms with Gasteiger partial charge in [-0.25, -0.2) is 4.52 Å². The van der Waals surface area contributed by atoms with Crippen LogP contribution in [0.4, 0.5) is 5.95 Å². The Labute approximate surface area is 102 Å². The Kier molecular flexibility index (Phi) is 3.22. The average molecular weight is 248 g/mol. The van der Waals surface area contributed by atoms with Crippen LogP contribution in [-0.2, 0) is 9.59 Å². The number of anilines is 1. The summed E-state index contributed by atoms with van der Waals surface area (Å²) >= 11 is 0. The van der Waals surface area contributed by atoms with Gasteiger partial charge < -0.3 is 5.11 Å². The second-order valence-corrected chi connectivity index (χ2v) is 3.89. The summed E-state index contributed by atoms with van der Waals surface area (Å²) in [7, 11) is 0. The second kappa shape index (κ2) is 4.82. The van der Waals surface area contributed by atoms with Crippen LogP contribution >= 0.6 is 0 Å². The highest BCUT2D eigenvalue weighted by Crippen LogP contribution is 2.07. The number of carboxylic acids is 1. The van der Waals surface area contributed by atoms with Crippen LogP contribution in [0.1, 0.15) is 18.4 Å². The van der Waals surface area contributed by atoms with E-state index in [-0.39, 0.29) is 18.8 Å². The Morgan fingerprint density at radius 3 is 2.89 bits per heavy atom. The van der Waals surface area contributed by atoms with E-state index in [4.69, 9.17) is 5.11 Å². The van der Waals surface area contributed by atoms with E-state index >= 15 is 0 Å². The molecule has 0 atom stereocenters. The Hall–Kier alpha value is -2.44. The lowest BCUT2D eigenvalue weighted by Crippen LogP contribution is -2.14. The topological polar surface area (TPSA) is 96.6 Å². The smallest absolute Gasteiger partial charge is 0.303 e. The number of hydrogen-bond donors (Lipinski definition) is 2. The van der Waals surface area contributed by atoms with Crippen LogP contribution in [0.2, 0.25) is 0 Å². The molecule has 2 N–H and O–H groups in total. The van der Waals surface area contributed by atoms with Crippen molar-refractivity contribution in [3.05, 3.63) is 23.9 Å². The highest BCUT2D eigenvalue weighted by atomic mass is 16.4. The Morgan fingerprint density at radius 2 is 2.17 bits per heavy atom. The maximum Gasteiger partial charge on any atom is 0.303 e. The Bertz CT molecular complexity index is 605. The number of hydrogen-bond acceptors (Lipinski definition) is 4. The fourth-order valence-corrected chi connectivity index (χ4v) is 1.45. The molecule has 0 aliphatic heterocycles. The highest BCUT2D eigenvalue weighted by molar-refractivity contribution is 5.91. The van der Waals surface area contributed by atoms with Crippen molar-refractivity contribution in [1.29, 1.82) is 0 Å². The first kappa shape index (κ1) is 12.0. The van der Waals surface area contributed by atoms with Crippen LogP contribution in [0.25, 0.3) is 5.65 Å². The molecule has 2 rings (SSSR count). The molecule has 0 fully saturated rings. The van der Waals surface area contributed by atoms with E-state index in [9.17, 15) is 9.59 Å². The minimum atomic E-state index is -1.01. The molecular weight excluding hydrogens is 236 g/mol. The summed E-state index contributed by atoms with van der Waals surface area (Å²) < 4.78 is 1.56. The van der Waals surface area contributed by atoms with Gasteiger partial charge in [0.25, 0.3) is 0 Å². The number of aliphatic carboxylic acids is 1. The maximum atomic E-state index is 11.4. The number of carbonyl (C=O) groups excluding carboxylic acids is 1. The zero-order chi connectivity index (χ0) is 13.1. The number of fused-ring (bicyclic) bond motifs is 1. The fraction of sp³-hybridized carbons (Fsp3) is 0.273. The Morgan fingerprint density at radius 1 is 1.39 bits per heavy atom. The van der Waals surface area contributed by atoms with Gasteiger partial charge in [0.05, 0.1) is 6.42 Å². The largest absolute Gasteiger partial charge is 0.481 e. The van der Waals surface area contributed by atoms with Crippen LogP contribution in [0.3, 0.4) is 0 Å². The third-order valence-electron chi connectivity index (χ3n) is 2.30. The van der Waals surface area contributed by atoms with Gasteiger partial charge >= 0.3 is 5.97 Å². The quantitative estimate of drug-likeness (QED) is 0.835. The van der Waals surface area contributed by atoms with Gasteiger partial charge in [-0.05, 0) is 18.6 Å². The van der Waals surface area contributed by atoms with Crippen LogP contribution in [-0.4, -0.2) is 31.6 Å². The molecule has 0 saturated heterocycles. The van der Waals surface area contributed by atoms with Crippen LogP contribution in [0, 0.1) is 6.92 Å². The van der Waals surface area contributed by atoms with E-state index in [1.54, 1.807) is 16.8 Å². The number of pyridine rings is 1. The molecule has 0 aromatic carbocycles. The van der Waals surface area contributed by atoms with Gasteiger partial charge in [0, 0.05) is 12.6 Å². The van der Waals surface area contributed by atoms with Crippen LogP contribution in [0.15, 0.2) is 18.3 Å². The molecule has 0 aliphatic rings. The van der Waals surface area contributed by atoms with Crippen molar-refractivity contribution in [2.75, 3.05) is 5.32 Å². The molecule has 0 spiro atoms. The van der Waals surface area contributed by atoms with E-state index in [0.717, 1.165) is 5.56 Å². The molecular formula is C11H12N4O3. The molecule has 0 unspecified atom stereocenters. The summed E-state index contributed by atoms with van der Waals surface area (Å²) in [6, 6.07) is 3.68. The average Bonchev–Trinajstić information content (AvgIpc) is 2.67. The first-order chi connectivity index (χ1) is 8.54. The molecule has 1 amide bonds. The van der Waals surface area contributed by atoms with Crippen molar-refractivity contribution in [2.24, 2.45) is 0 Å². The summed E-state index contributed by atoms with van der Waals surface area (Å²) in [5, 5.41) is 15.0. The van der Waals surface area contributed by atoms with Crippen molar-refractivity contribution in [1.82, 2.24) is 14.6 Å². The predicted molar refractivity (Wildman–Crippen MR) is 63.2 cm³/mol. The first-order valence-electron chi connectivity index (χ1n) is 5.39. The van der Waals surface area contributed by atoms with Gasteiger partial charge in [0.2, 0.25) is 11.9 Å². The number of carboxylic acid groups (broad SMARTS) is 1. The zero-order valence-electron chi connectivity index (χ0n) is 9.75. The number of amides is 1. The molecule has 0 aliphatic carbocycles. The van der Waals surface area contributed by atoms with Crippen LogP contribution < -0.4 is 5.32 Å². The van der Waals surface area contributed by atoms with Crippen molar-refractivity contribution >= 4 is 23.5 Å². The maximum absolute atomic E-state index is 11.4. The van der Waals surface area contributed by atoms with Crippen LogP contribution in [0.5, 0.6) is 0 Å². The number of nitrogens with zero attached hydrogens (tertiary/aromatic N) is 3. The van der Waals surface area contributed by atoms with Gasteiger partial charge in [-0.1, -0.05) is 6.07 Å². The normalized spacial score (nSPS) is 10.5. The molecule has 0 radical (unpaired) electrons. The molecule has 18 heavy (non-hydrogen) atoms. The lowest BCUT2D eigenvalue weighted by Gasteiger charge is -1.97. The van der Waals surface area contributed by atoms with E-state index in [1.807, 2.05) is 13.0 Å². The second-order valence-electron chi connectivity index (χ2n) is 3.89. The number of rotatable bonds is 4. The summed E-state index contributed by atoms with van der Waals surface area (Å²) in [4.78, 5) is 25.8. The number of carbonyl (C=O) groups is 2. The minimum absolute atomic E-state index is 0.0933. The number of aryl methyl sites for hydroxylation is 1. The monoisotopic (exact) mass is 248 g/mol. The summed E-state index contributed by atoms with van der Waals surface area (Å²) in [6.07, 6.45) is 1.48. The van der Waals surface area contributed by atoms with E-state index in [0.29, 0.717) is 5.65 Å². The third kappa shape index (κ3) is 2.82.